The van der Waals surface area contributed by atoms with E-state index in [4.69, 9.17) is 4.74 Å². The molecule has 1 aliphatic heterocycles. The van der Waals surface area contributed by atoms with Crippen LogP contribution in [0.2, 0.25) is 0 Å². The number of nitrogens with one attached hydrogen (secondary N) is 2. The van der Waals surface area contributed by atoms with E-state index in [1.807, 2.05) is 6.92 Å². The van der Waals surface area contributed by atoms with E-state index in [1.165, 1.54) is 17.8 Å². The molecule has 1 aliphatic carbocycles. The number of sulfonamides is 1. The molecule has 0 bridgehead atoms. The number of hydrogen-bond acceptors (Lipinski definition) is 7. The average molecular weight is 579 g/mol. The number of anilines is 1. The van der Waals surface area contributed by atoms with Gasteiger partial charge in [0.05, 0.1) is 30.4 Å². The van der Waals surface area contributed by atoms with Crippen molar-refractivity contribution in [2.45, 2.75) is 68.3 Å². The molecule has 3 amide bonds. The SMILES string of the molecule is C[C@@H]1CN([C@H](C)CO)C(=O)c2cccc(NC(=O)NC3CCCCC3)c2O[C@@H]1CN(C)S(=O)(=O)c1cccs1. The highest BCUT2D eigenvalue weighted by atomic mass is 32.2. The minimum atomic E-state index is -3.74. The van der Waals surface area contributed by atoms with Crippen LogP contribution in [0.1, 0.15) is 56.3 Å². The Labute approximate surface area is 234 Å². The zero-order valence-electron chi connectivity index (χ0n) is 22.6. The van der Waals surface area contributed by atoms with Gasteiger partial charge in [-0.2, -0.15) is 4.31 Å². The van der Waals surface area contributed by atoms with Gasteiger partial charge in [-0.25, -0.2) is 13.2 Å². The lowest BCUT2D eigenvalue weighted by Crippen LogP contribution is -2.50. The third kappa shape index (κ3) is 6.74. The fourth-order valence-electron chi connectivity index (χ4n) is 5.07. The summed E-state index contributed by atoms with van der Waals surface area (Å²) in [4.78, 5) is 28.1. The molecule has 39 heavy (non-hydrogen) atoms. The quantitative estimate of drug-likeness (QED) is 0.438. The normalized spacial score (nSPS) is 21.5. The molecule has 2 aliphatic rings. The maximum atomic E-state index is 13.6. The Bertz CT molecular complexity index is 1250. The van der Waals surface area contributed by atoms with Crippen LogP contribution >= 0.6 is 11.3 Å². The van der Waals surface area contributed by atoms with Crippen LogP contribution in [-0.2, 0) is 10.0 Å². The molecule has 1 aromatic heterocycles. The predicted octanol–water partition coefficient (Wildman–Crippen LogP) is 3.74. The number of ether oxygens (including phenoxy) is 1. The van der Waals surface area contributed by atoms with E-state index in [1.54, 1.807) is 47.5 Å². The molecular weight excluding hydrogens is 540 g/mol. The largest absolute Gasteiger partial charge is 0.486 e. The maximum Gasteiger partial charge on any atom is 0.319 e. The number of rotatable bonds is 8. The molecule has 0 unspecified atom stereocenters. The summed E-state index contributed by atoms with van der Waals surface area (Å²) in [5.74, 6) is -0.427. The number of hydrogen-bond donors (Lipinski definition) is 3. The Morgan fingerprint density at radius 2 is 1.97 bits per heavy atom. The lowest BCUT2D eigenvalue weighted by Gasteiger charge is -2.38. The second-order valence-electron chi connectivity index (χ2n) is 10.5. The van der Waals surface area contributed by atoms with Crippen molar-refractivity contribution in [3.63, 3.8) is 0 Å². The van der Waals surface area contributed by atoms with Crippen LogP contribution in [0, 0.1) is 5.92 Å². The van der Waals surface area contributed by atoms with Gasteiger partial charge in [0, 0.05) is 25.6 Å². The smallest absolute Gasteiger partial charge is 0.319 e. The summed E-state index contributed by atoms with van der Waals surface area (Å²) >= 11 is 1.14. The van der Waals surface area contributed by atoms with Crippen molar-refractivity contribution in [1.29, 1.82) is 0 Å². The summed E-state index contributed by atoms with van der Waals surface area (Å²) in [5, 5.41) is 17.5. The lowest BCUT2D eigenvalue weighted by atomic mass is 9.96. The topological polar surface area (TPSA) is 128 Å². The van der Waals surface area contributed by atoms with Crippen LogP contribution in [0.25, 0.3) is 0 Å². The van der Waals surface area contributed by atoms with Crippen LogP contribution in [0.15, 0.2) is 39.9 Å². The van der Waals surface area contributed by atoms with Gasteiger partial charge < -0.3 is 25.4 Å². The summed E-state index contributed by atoms with van der Waals surface area (Å²) in [6, 6.07) is 7.46. The highest BCUT2D eigenvalue weighted by Gasteiger charge is 2.36. The lowest BCUT2D eigenvalue weighted by molar-refractivity contribution is 0.0389. The molecule has 3 N–H and O–H groups in total. The van der Waals surface area contributed by atoms with E-state index in [0.717, 1.165) is 37.0 Å². The Hall–Kier alpha value is -2.67. The van der Waals surface area contributed by atoms with E-state index in [2.05, 4.69) is 10.6 Å². The summed E-state index contributed by atoms with van der Waals surface area (Å²) in [5.41, 5.74) is 0.570. The number of carbonyl (C=O) groups is 2. The van der Waals surface area contributed by atoms with Crippen LogP contribution < -0.4 is 15.4 Å². The first kappa shape index (κ1) is 29.3. The number of para-hydroxylation sites is 1. The van der Waals surface area contributed by atoms with Crippen LogP contribution in [-0.4, -0.2) is 79.6 Å². The number of benzene rings is 1. The summed E-state index contributed by atoms with van der Waals surface area (Å²) < 4.78 is 34.2. The molecule has 214 valence electrons. The number of aliphatic hydroxyl groups is 1. The fourth-order valence-corrected chi connectivity index (χ4v) is 7.45. The molecule has 12 heteroatoms. The van der Waals surface area contributed by atoms with E-state index < -0.39 is 22.2 Å². The van der Waals surface area contributed by atoms with Gasteiger partial charge in [0.25, 0.3) is 15.9 Å². The Morgan fingerprint density at radius 1 is 1.23 bits per heavy atom. The third-order valence-electron chi connectivity index (χ3n) is 7.48. The fraction of sp³-hybridized carbons (Fsp3) is 0.556. The minimum Gasteiger partial charge on any atom is -0.486 e. The zero-order chi connectivity index (χ0) is 28.2. The molecular formula is C27H38N4O6S2. The number of thiophene rings is 1. The second-order valence-corrected chi connectivity index (χ2v) is 13.7. The van der Waals surface area contributed by atoms with Crippen molar-refractivity contribution < 1.29 is 27.9 Å². The van der Waals surface area contributed by atoms with Gasteiger partial charge in [-0.15, -0.1) is 11.3 Å². The molecule has 1 fully saturated rings. The number of urea groups is 1. The highest BCUT2D eigenvalue weighted by Crippen LogP contribution is 2.35. The van der Waals surface area contributed by atoms with Crippen LogP contribution in [0.4, 0.5) is 10.5 Å². The molecule has 0 saturated heterocycles. The van der Waals surface area contributed by atoms with Gasteiger partial charge in [0.15, 0.2) is 5.75 Å². The Morgan fingerprint density at radius 3 is 2.64 bits per heavy atom. The van der Waals surface area contributed by atoms with Gasteiger partial charge in [0.1, 0.15) is 10.3 Å². The molecule has 10 nitrogen and oxygen atoms in total. The molecule has 0 spiro atoms. The van der Waals surface area contributed by atoms with E-state index in [0.29, 0.717) is 5.69 Å². The Kier molecular flexibility index (Phi) is 9.52. The van der Waals surface area contributed by atoms with Gasteiger partial charge in [0.2, 0.25) is 0 Å². The second kappa shape index (κ2) is 12.7. The van der Waals surface area contributed by atoms with Crippen molar-refractivity contribution in [3.8, 4) is 5.75 Å². The number of amides is 3. The van der Waals surface area contributed by atoms with Gasteiger partial charge in [-0.1, -0.05) is 38.3 Å². The van der Waals surface area contributed by atoms with E-state index in [-0.39, 0.29) is 59.1 Å². The molecule has 3 atom stereocenters. The molecule has 2 heterocycles. The number of nitrogens with zero attached hydrogens (tertiary/aromatic N) is 2. The van der Waals surface area contributed by atoms with Gasteiger partial charge >= 0.3 is 6.03 Å². The maximum absolute atomic E-state index is 13.6. The monoisotopic (exact) mass is 578 g/mol. The average Bonchev–Trinajstić information content (AvgIpc) is 3.47. The van der Waals surface area contributed by atoms with Crippen LogP contribution in [0.3, 0.4) is 0 Å². The van der Waals surface area contributed by atoms with Crippen molar-refractivity contribution in [2.75, 3.05) is 32.1 Å². The number of aliphatic hydroxyl groups excluding tert-OH is 1. The van der Waals surface area contributed by atoms with Crippen LogP contribution in [0.5, 0.6) is 5.75 Å². The first-order chi connectivity index (χ1) is 18.6. The first-order valence-electron chi connectivity index (χ1n) is 13.4. The number of likely N-dealkylation sites (N-methyl/N-ethyl adjacent to an activating group) is 1. The summed E-state index contributed by atoms with van der Waals surface area (Å²) in [7, 11) is -2.23. The molecule has 0 radical (unpaired) electrons. The van der Waals surface area contributed by atoms with Crippen molar-refractivity contribution in [3.05, 3.63) is 41.3 Å². The number of fused-ring (bicyclic) bond motifs is 1. The van der Waals surface area contributed by atoms with Gasteiger partial charge in [-0.05, 0) is 43.3 Å². The third-order valence-corrected chi connectivity index (χ3v) is 10.7. The molecule has 1 saturated carbocycles. The van der Waals surface area contributed by atoms with Crippen molar-refractivity contribution in [1.82, 2.24) is 14.5 Å². The zero-order valence-corrected chi connectivity index (χ0v) is 24.3. The van der Waals surface area contributed by atoms with E-state index in [9.17, 15) is 23.1 Å². The summed E-state index contributed by atoms with van der Waals surface area (Å²) in [6.07, 6.45) is 4.52. The summed E-state index contributed by atoms with van der Waals surface area (Å²) in [6.45, 7) is 3.70. The molecule has 1 aromatic carbocycles. The molecule has 2 aromatic rings. The van der Waals surface area contributed by atoms with Gasteiger partial charge in [-0.3, -0.25) is 4.79 Å². The highest BCUT2D eigenvalue weighted by molar-refractivity contribution is 7.91. The predicted molar refractivity (Wildman–Crippen MR) is 151 cm³/mol. The molecule has 4 rings (SSSR count). The van der Waals surface area contributed by atoms with Crippen molar-refractivity contribution >= 4 is 39.0 Å². The number of carbonyl (C=O) groups excluding carboxylic acids is 2. The Balaban J connectivity index is 1.65. The minimum absolute atomic E-state index is 0.0268. The first-order valence-corrected chi connectivity index (χ1v) is 15.7. The van der Waals surface area contributed by atoms with Crippen molar-refractivity contribution in [2.24, 2.45) is 5.92 Å². The standard InChI is InChI=1S/C27H38N4O6S2/c1-18-15-31(19(2)17-32)26(33)21-11-7-12-22(29-27(34)28-20-9-5-4-6-10-20)25(21)37-23(18)16-30(3)39(35,36)24-13-8-14-38-24/h7-8,11-14,18-20,23,32H,4-6,9-10,15-17H2,1-3H3,(H2,28,29,34)/t18-,19-,23-/m1/s1. The van der Waals surface area contributed by atoms with E-state index >= 15 is 0 Å².